The van der Waals surface area contributed by atoms with Gasteiger partial charge in [-0.05, 0) is 19.8 Å². The Labute approximate surface area is 115 Å². The number of ether oxygens (including phenoxy) is 1. The highest BCUT2D eigenvalue weighted by Gasteiger charge is 2.40. The molecule has 3 rings (SSSR count). The molecular formula is C10H13ClN2O3S2. The van der Waals surface area contributed by atoms with E-state index in [0.29, 0.717) is 18.8 Å². The van der Waals surface area contributed by atoms with Crippen LogP contribution in [0.5, 0.6) is 0 Å². The lowest BCUT2D eigenvalue weighted by molar-refractivity contribution is -0.0114. The molecule has 0 spiro atoms. The van der Waals surface area contributed by atoms with Crippen LogP contribution in [0.3, 0.4) is 0 Å². The van der Waals surface area contributed by atoms with Crippen LogP contribution in [0.4, 0.5) is 0 Å². The first kappa shape index (κ1) is 12.8. The Bertz CT molecular complexity index is 560. The van der Waals surface area contributed by atoms with Crippen molar-refractivity contribution in [2.24, 2.45) is 0 Å². The molecule has 0 N–H and O–H groups in total. The third-order valence-corrected chi connectivity index (χ3v) is 6.99. The van der Waals surface area contributed by atoms with E-state index in [9.17, 15) is 8.42 Å². The van der Waals surface area contributed by atoms with Gasteiger partial charge in [-0.25, -0.2) is 13.4 Å². The summed E-state index contributed by atoms with van der Waals surface area (Å²) in [6.07, 6.45) is 1.97. The van der Waals surface area contributed by atoms with Crippen molar-refractivity contribution in [2.75, 3.05) is 13.1 Å². The topological polar surface area (TPSA) is 59.5 Å². The van der Waals surface area contributed by atoms with Crippen LogP contribution in [0.2, 0.25) is 4.47 Å². The highest BCUT2D eigenvalue weighted by molar-refractivity contribution is 7.91. The van der Waals surface area contributed by atoms with Crippen LogP contribution in [0, 0.1) is 6.92 Å². The van der Waals surface area contributed by atoms with Crippen LogP contribution in [-0.2, 0) is 14.8 Å². The van der Waals surface area contributed by atoms with Gasteiger partial charge in [-0.2, -0.15) is 4.31 Å². The quantitative estimate of drug-likeness (QED) is 0.833. The molecule has 1 aromatic heterocycles. The third kappa shape index (κ3) is 2.08. The lowest BCUT2D eigenvalue weighted by Crippen LogP contribution is -2.45. The molecule has 0 amide bonds. The molecule has 0 aliphatic carbocycles. The molecule has 0 radical (unpaired) electrons. The van der Waals surface area contributed by atoms with Crippen LogP contribution in [0.25, 0.3) is 0 Å². The minimum absolute atomic E-state index is 0.0437. The fraction of sp³-hybridized carbons (Fsp3) is 0.700. The molecule has 0 saturated carbocycles. The predicted molar refractivity (Wildman–Crippen MR) is 68.5 cm³/mol. The van der Waals surface area contributed by atoms with E-state index >= 15 is 0 Å². The number of hydrogen-bond acceptors (Lipinski definition) is 5. The Morgan fingerprint density at radius 2 is 2.00 bits per heavy atom. The summed E-state index contributed by atoms with van der Waals surface area (Å²) in [5.41, 5.74) is 0.476. The first-order chi connectivity index (χ1) is 8.46. The lowest BCUT2D eigenvalue weighted by atomic mass is 10.2. The maximum atomic E-state index is 12.5. The number of aryl methyl sites for hydroxylation is 1. The molecule has 2 atom stereocenters. The number of halogens is 1. The monoisotopic (exact) mass is 308 g/mol. The minimum atomic E-state index is -3.47. The molecule has 3 heterocycles. The molecule has 2 unspecified atom stereocenters. The summed E-state index contributed by atoms with van der Waals surface area (Å²) in [6.45, 7) is 2.55. The number of fused-ring (bicyclic) bond motifs is 2. The van der Waals surface area contributed by atoms with Crippen molar-refractivity contribution in [3.8, 4) is 0 Å². The van der Waals surface area contributed by atoms with Crippen LogP contribution >= 0.6 is 22.9 Å². The van der Waals surface area contributed by atoms with Gasteiger partial charge in [0.2, 0.25) is 0 Å². The fourth-order valence-electron chi connectivity index (χ4n) is 2.48. The molecule has 2 saturated heterocycles. The van der Waals surface area contributed by atoms with Crippen LogP contribution in [-0.4, -0.2) is 43.0 Å². The zero-order valence-electron chi connectivity index (χ0n) is 9.80. The number of hydrogen-bond donors (Lipinski definition) is 0. The molecule has 2 aliphatic heterocycles. The summed E-state index contributed by atoms with van der Waals surface area (Å²) in [4.78, 5) is 3.97. The van der Waals surface area contributed by atoms with Gasteiger partial charge in [-0.15, -0.1) is 0 Å². The average molecular weight is 309 g/mol. The summed E-state index contributed by atoms with van der Waals surface area (Å²) < 4.78 is 32.7. The zero-order valence-corrected chi connectivity index (χ0v) is 12.2. The van der Waals surface area contributed by atoms with Crippen LogP contribution < -0.4 is 0 Å². The third-order valence-electron chi connectivity index (χ3n) is 3.31. The van der Waals surface area contributed by atoms with E-state index in [-0.39, 0.29) is 20.9 Å². The molecule has 100 valence electrons. The minimum Gasteiger partial charge on any atom is -0.372 e. The zero-order chi connectivity index (χ0) is 12.9. The normalized spacial score (nSPS) is 28.8. The molecule has 8 heteroatoms. The Kier molecular flexibility index (Phi) is 3.14. The van der Waals surface area contributed by atoms with Crippen molar-refractivity contribution in [3.05, 3.63) is 10.2 Å². The van der Waals surface area contributed by atoms with Crippen LogP contribution in [0.1, 0.15) is 18.5 Å². The highest BCUT2D eigenvalue weighted by atomic mass is 35.5. The molecular weight excluding hydrogens is 296 g/mol. The number of nitrogens with zero attached hydrogens (tertiary/aromatic N) is 2. The Morgan fingerprint density at radius 3 is 2.50 bits per heavy atom. The average Bonchev–Trinajstić information content (AvgIpc) is 2.81. The van der Waals surface area contributed by atoms with Gasteiger partial charge >= 0.3 is 0 Å². The summed E-state index contributed by atoms with van der Waals surface area (Å²) in [6, 6.07) is 0. The van der Waals surface area contributed by atoms with Gasteiger partial charge in [-0.1, -0.05) is 22.9 Å². The molecule has 2 aliphatic rings. The SMILES string of the molecule is Cc1nc(Cl)sc1S(=O)(=O)N1CC2CCC(C1)O2. The Hall–Kier alpha value is -0.210. The van der Waals surface area contributed by atoms with Crippen molar-refractivity contribution >= 4 is 33.0 Å². The van der Waals surface area contributed by atoms with Gasteiger partial charge in [0.15, 0.2) is 8.68 Å². The molecule has 2 bridgehead atoms. The number of rotatable bonds is 2. The van der Waals surface area contributed by atoms with Gasteiger partial charge in [0, 0.05) is 13.1 Å². The van der Waals surface area contributed by atoms with Crippen molar-refractivity contribution in [1.82, 2.24) is 9.29 Å². The maximum Gasteiger partial charge on any atom is 0.254 e. The van der Waals surface area contributed by atoms with Crippen molar-refractivity contribution < 1.29 is 13.2 Å². The lowest BCUT2D eigenvalue weighted by Gasteiger charge is -2.30. The van der Waals surface area contributed by atoms with E-state index in [1.807, 2.05) is 0 Å². The smallest absolute Gasteiger partial charge is 0.254 e. The Balaban J connectivity index is 1.93. The van der Waals surface area contributed by atoms with E-state index in [1.54, 1.807) is 6.92 Å². The van der Waals surface area contributed by atoms with Crippen LogP contribution in [0.15, 0.2) is 4.21 Å². The van der Waals surface area contributed by atoms with E-state index in [4.69, 9.17) is 16.3 Å². The number of morpholine rings is 1. The standard InChI is InChI=1S/C10H13ClN2O3S2/c1-6-9(17-10(11)12-6)18(14,15)13-4-7-2-3-8(5-13)16-7/h7-8H,2-5H2,1H3. The second-order valence-corrected chi connectivity index (χ2v) is 8.33. The van der Waals surface area contributed by atoms with Crippen molar-refractivity contribution in [3.63, 3.8) is 0 Å². The van der Waals surface area contributed by atoms with Crippen molar-refractivity contribution in [2.45, 2.75) is 36.2 Å². The van der Waals surface area contributed by atoms with E-state index < -0.39 is 10.0 Å². The molecule has 5 nitrogen and oxygen atoms in total. The van der Waals surface area contributed by atoms with Gasteiger partial charge in [0.25, 0.3) is 10.0 Å². The van der Waals surface area contributed by atoms with Gasteiger partial charge in [0.05, 0.1) is 17.9 Å². The molecule has 18 heavy (non-hydrogen) atoms. The Morgan fingerprint density at radius 1 is 1.39 bits per heavy atom. The first-order valence-corrected chi connectivity index (χ1v) is 8.39. The highest BCUT2D eigenvalue weighted by Crippen LogP contribution is 2.33. The van der Waals surface area contributed by atoms with E-state index in [0.717, 1.165) is 24.2 Å². The largest absolute Gasteiger partial charge is 0.372 e. The molecule has 1 aromatic rings. The predicted octanol–water partition coefficient (Wildman–Crippen LogP) is 1.66. The number of aromatic nitrogens is 1. The number of sulfonamides is 1. The fourth-order valence-corrected chi connectivity index (χ4v) is 5.86. The summed E-state index contributed by atoms with van der Waals surface area (Å²) in [5.74, 6) is 0. The maximum absolute atomic E-state index is 12.5. The molecule has 0 aromatic carbocycles. The molecule has 2 fully saturated rings. The first-order valence-electron chi connectivity index (χ1n) is 5.75. The van der Waals surface area contributed by atoms with Gasteiger partial charge in [0.1, 0.15) is 0 Å². The second-order valence-electron chi connectivity index (χ2n) is 4.62. The summed E-state index contributed by atoms with van der Waals surface area (Å²) >= 11 is 6.80. The number of thiazole rings is 1. The summed E-state index contributed by atoms with van der Waals surface area (Å²) in [5, 5.41) is 0. The summed E-state index contributed by atoms with van der Waals surface area (Å²) in [7, 11) is -3.47. The second kappa shape index (κ2) is 4.42. The van der Waals surface area contributed by atoms with Gasteiger partial charge in [-0.3, -0.25) is 0 Å². The van der Waals surface area contributed by atoms with Gasteiger partial charge < -0.3 is 4.74 Å². The van der Waals surface area contributed by atoms with E-state index in [2.05, 4.69) is 4.98 Å². The van der Waals surface area contributed by atoms with E-state index in [1.165, 1.54) is 4.31 Å². The van der Waals surface area contributed by atoms with Crippen molar-refractivity contribution in [1.29, 1.82) is 0 Å².